The van der Waals surface area contributed by atoms with Crippen LogP contribution < -0.4 is 10.6 Å². The van der Waals surface area contributed by atoms with Crippen LogP contribution in [0.15, 0.2) is 12.3 Å². The van der Waals surface area contributed by atoms with Crippen LogP contribution in [0.5, 0.6) is 0 Å². The summed E-state index contributed by atoms with van der Waals surface area (Å²) in [5.74, 6) is 1.06. The number of hydrogen-bond acceptors (Lipinski definition) is 7. The average molecular weight is 279 g/mol. The molecule has 0 unspecified atom stereocenters. The van der Waals surface area contributed by atoms with Crippen molar-refractivity contribution in [2.75, 3.05) is 50.0 Å². The van der Waals surface area contributed by atoms with Gasteiger partial charge in [0.05, 0.1) is 19.3 Å². The van der Waals surface area contributed by atoms with E-state index in [0.29, 0.717) is 6.54 Å². The monoisotopic (exact) mass is 279 g/mol. The highest BCUT2D eigenvalue weighted by Gasteiger charge is 2.33. The van der Waals surface area contributed by atoms with Gasteiger partial charge in [-0.05, 0) is 12.5 Å². The predicted octanol–water partition coefficient (Wildman–Crippen LogP) is -0.669. The average Bonchev–Trinajstić information content (AvgIpc) is 2.48. The van der Waals surface area contributed by atoms with Crippen molar-refractivity contribution in [3.63, 3.8) is 0 Å². The number of rotatable bonds is 2. The molecule has 2 aliphatic rings. The van der Waals surface area contributed by atoms with Crippen LogP contribution in [-0.2, 0) is 4.74 Å². The summed E-state index contributed by atoms with van der Waals surface area (Å²) in [7, 11) is 0. The largest absolute Gasteiger partial charge is 0.390 e. The number of ether oxygens (including phenoxy) is 1. The van der Waals surface area contributed by atoms with Crippen molar-refractivity contribution in [1.29, 1.82) is 0 Å². The fraction of sp³-hybridized carbons (Fsp3) is 0.692. The molecule has 2 aliphatic heterocycles. The Morgan fingerprint density at radius 3 is 2.80 bits per heavy atom. The molecule has 2 fully saturated rings. The molecule has 1 aromatic rings. The number of nitrogens with zero attached hydrogens (tertiary/aromatic N) is 4. The molecule has 0 amide bonds. The lowest BCUT2D eigenvalue weighted by Crippen LogP contribution is -2.56. The number of morpholine rings is 1. The number of aromatic nitrogens is 2. The highest BCUT2D eigenvalue weighted by Crippen LogP contribution is 2.22. The quantitative estimate of drug-likeness (QED) is 0.742. The first-order valence-electron chi connectivity index (χ1n) is 7.07. The van der Waals surface area contributed by atoms with Gasteiger partial charge in [-0.15, -0.1) is 0 Å². The van der Waals surface area contributed by atoms with Gasteiger partial charge >= 0.3 is 0 Å². The standard InChI is InChI=1S/C13H21N5O2/c14-13-15-3-1-12(16-13)18-4-2-10(11(19)9-18)17-5-7-20-8-6-17/h1,3,10-11,19H,2,4-9H2,(H2,14,15,16)/t10-,11-/m1/s1. The lowest BCUT2D eigenvalue weighted by atomic mass is 9.99. The van der Waals surface area contributed by atoms with Crippen molar-refractivity contribution in [3.05, 3.63) is 12.3 Å². The summed E-state index contributed by atoms with van der Waals surface area (Å²) >= 11 is 0. The van der Waals surface area contributed by atoms with Crippen LogP contribution in [0.25, 0.3) is 0 Å². The van der Waals surface area contributed by atoms with Crippen molar-refractivity contribution in [2.24, 2.45) is 0 Å². The summed E-state index contributed by atoms with van der Waals surface area (Å²) in [6.07, 6.45) is 2.20. The lowest BCUT2D eigenvalue weighted by Gasteiger charge is -2.43. The van der Waals surface area contributed by atoms with E-state index < -0.39 is 0 Å². The summed E-state index contributed by atoms with van der Waals surface area (Å²) in [5.41, 5.74) is 5.61. The minimum absolute atomic E-state index is 0.217. The first kappa shape index (κ1) is 13.5. The van der Waals surface area contributed by atoms with Gasteiger partial charge in [0.15, 0.2) is 0 Å². The molecule has 20 heavy (non-hydrogen) atoms. The molecule has 3 N–H and O–H groups in total. The molecule has 3 rings (SSSR count). The molecule has 2 atom stereocenters. The van der Waals surface area contributed by atoms with E-state index in [0.717, 1.165) is 45.1 Å². The van der Waals surface area contributed by atoms with Gasteiger partial charge in [0.1, 0.15) is 5.82 Å². The number of nitrogen functional groups attached to an aromatic ring is 1. The van der Waals surface area contributed by atoms with Gasteiger partial charge in [0.2, 0.25) is 5.95 Å². The molecule has 7 heteroatoms. The van der Waals surface area contributed by atoms with E-state index in [2.05, 4.69) is 19.8 Å². The van der Waals surface area contributed by atoms with Crippen LogP contribution in [0, 0.1) is 0 Å². The van der Waals surface area contributed by atoms with E-state index in [1.54, 1.807) is 6.20 Å². The number of aliphatic hydroxyl groups is 1. The van der Waals surface area contributed by atoms with Crippen molar-refractivity contribution < 1.29 is 9.84 Å². The summed E-state index contributed by atoms with van der Waals surface area (Å²) in [6.45, 7) is 4.78. The molecular weight excluding hydrogens is 258 g/mol. The van der Waals surface area contributed by atoms with Gasteiger partial charge in [-0.1, -0.05) is 0 Å². The molecule has 0 aromatic carbocycles. The molecule has 0 saturated carbocycles. The third-order valence-corrected chi connectivity index (χ3v) is 4.04. The molecule has 3 heterocycles. The molecule has 0 spiro atoms. The van der Waals surface area contributed by atoms with E-state index in [4.69, 9.17) is 10.5 Å². The molecule has 0 bridgehead atoms. The molecule has 7 nitrogen and oxygen atoms in total. The Kier molecular flexibility index (Phi) is 4.00. The second-order valence-electron chi connectivity index (χ2n) is 5.29. The van der Waals surface area contributed by atoms with Crippen LogP contribution >= 0.6 is 0 Å². The molecule has 0 radical (unpaired) electrons. The summed E-state index contributed by atoms with van der Waals surface area (Å²) in [5, 5.41) is 10.4. The third-order valence-electron chi connectivity index (χ3n) is 4.04. The molecule has 110 valence electrons. The maximum absolute atomic E-state index is 10.4. The maximum atomic E-state index is 10.4. The first-order chi connectivity index (χ1) is 9.74. The van der Waals surface area contributed by atoms with Gasteiger partial charge in [-0.3, -0.25) is 4.90 Å². The molecule has 2 saturated heterocycles. The van der Waals surface area contributed by atoms with Crippen molar-refractivity contribution in [3.8, 4) is 0 Å². The maximum Gasteiger partial charge on any atom is 0.221 e. The number of piperidine rings is 1. The smallest absolute Gasteiger partial charge is 0.221 e. The van der Waals surface area contributed by atoms with Crippen molar-refractivity contribution in [1.82, 2.24) is 14.9 Å². The number of anilines is 2. The fourth-order valence-corrected chi connectivity index (χ4v) is 3.00. The number of aliphatic hydroxyl groups excluding tert-OH is 1. The highest BCUT2D eigenvalue weighted by molar-refractivity contribution is 5.41. The SMILES string of the molecule is Nc1nccc(N2CC[C@@H](N3CCOCC3)[C@H](O)C2)n1. The Morgan fingerprint density at radius 2 is 2.10 bits per heavy atom. The van der Waals surface area contributed by atoms with Crippen LogP contribution in [0.4, 0.5) is 11.8 Å². The molecule has 1 aromatic heterocycles. The van der Waals surface area contributed by atoms with Gasteiger partial charge in [0.25, 0.3) is 0 Å². The zero-order valence-corrected chi connectivity index (χ0v) is 11.5. The lowest BCUT2D eigenvalue weighted by molar-refractivity contribution is -0.0274. The van der Waals surface area contributed by atoms with E-state index in [1.807, 2.05) is 6.07 Å². The highest BCUT2D eigenvalue weighted by atomic mass is 16.5. The Hall–Kier alpha value is -1.44. The van der Waals surface area contributed by atoms with Crippen LogP contribution in [0.1, 0.15) is 6.42 Å². The number of nitrogens with two attached hydrogens (primary N) is 1. The molecule has 0 aliphatic carbocycles. The minimum atomic E-state index is -0.377. The first-order valence-corrected chi connectivity index (χ1v) is 7.07. The van der Waals surface area contributed by atoms with E-state index in [1.165, 1.54) is 0 Å². The van der Waals surface area contributed by atoms with Gasteiger partial charge in [0, 0.05) is 38.4 Å². The topological polar surface area (TPSA) is 87.7 Å². The van der Waals surface area contributed by atoms with Crippen molar-refractivity contribution in [2.45, 2.75) is 18.6 Å². The zero-order valence-electron chi connectivity index (χ0n) is 11.5. The summed E-state index contributed by atoms with van der Waals surface area (Å²) in [4.78, 5) is 12.5. The van der Waals surface area contributed by atoms with Gasteiger partial charge < -0.3 is 20.5 Å². The third kappa shape index (κ3) is 2.84. The normalized spacial score (nSPS) is 28.6. The van der Waals surface area contributed by atoms with E-state index in [-0.39, 0.29) is 18.1 Å². The van der Waals surface area contributed by atoms with Crippen molar-refractivity contribution >= 4 is 11.8 Å². The summed E-state index contributed by atoms with van der Waals surface area (Å²) in [6, 6.07) is 2.05. The summed E-state index contributed by atoms with van der Waals surface area (Å²) < 4.78 is 5.36. The Labute approximate surface area is 118 Å². The fourth-order valence-electron chi connectivity index (χ4n) is 3.00. The number of hydrogen-bond donors (Lipinski definition) is 2. The van der Waals surface area contributed by atoms with E-state index >= 15 is 0 Å². The second-order valence-corrected chi connectivity index (χ2v) is 5.29. The Balaban J connectivity index is 1.64. The minimum Gasteiger partial charge on any atom is -0.390 e. The van der Waals surface area contributed by atoms with Crippen LogP contribution in [0.2, 0.25) is 0 Å². The van der Waals surface area contributed by atoms with E-state index in [9.17, 15) is 5.11 Å². The predicted molar refractivity (Wildman–Crippen MR) is 75.5 cm³/mol. The Bertz CT molecular complexity index is 452. The van der Waals surface area contributed by atoms with Crippen LogP contribution in [-0.4, -0.2) is 71.5 Å². The van der Waals surface area contributed by atoms with Gasteiger partial charge in [-0.25, -0.2) is 4.98 Å². The van der Waals surface area contributed by atoms with Gasteiger partial charge in [-0.2, -0.15) is 4.98 Å². The Morgan fingerprint density at radius 1 is 1.30 bits per heavy atom. The molecular formula is C13H21N5O2. The second kappa shape index (κ2) is 5.90. The number of β-amino-alcohol motifs (C(OH)–C–C–N with tert-alkyl or cyclic N) is 1. The van der Waals surface area contributed by atoms with Crippen LogP contribution in [0.3, 0.4) is 0 Å². The zero-order chi connectivity index (χ0) is 13.9.